The monoisotopic (exact) mass is 261 g/mol. The lowest BCUT2D eigenvalue weighted by molar-refractivity contribution is 0.314. The van der Waals surface area contributed by atoms with Crippen LogP contribution < -0.4 is 16.0 Å². The smallest absolute Gasteiger partial charge is 0.137 e. The number of fused-ring (bicyclic) bond motifs is 1. The second kappa shape index (κ2) is 5.47. The van der Waals surface area contributed by atoms with Gasteiger partial charge in [0.2, 0.25) is 0 Å². The van der Waals surface area contributed by atoms with Crippen molar-refractivity contribution in [2.24, 2.45) is 23.6 Å². The molecular formula is C15H23N3O. The molecule has 4 nitrogen and oxygen atoms in total. The van der Waals surface area contributed by atoms with E-state index in [-0.39, 0.29) is 6.04 Å². The average molecular weight is 261 g/mol. The number of nitrogens with two attached hydrogens (primary N) is 1. The summed E-state index contributed by atoms with van der Waals surface area (Å²) < 4.78 is 5.65. The maximum absolute atomic E-state index is 5.78. The summed E-state index contributed by atoms with van der Waals surface area (Å²) in [5.41, 5.74) is 4.16. The van der Waals surface area contributed by atoms with Crippen LogP contribution in [0.2, 0.25) is 0 Å². The van der Waals surface area contributed by atoms with Gasteiger partial charge in [-0.05, 0) is 48.6 Å². The van der Waals surface area contributed by atoms with Gasteiger partial charge in [0.15, 0.2) is 0 Å². The first-order chi connectivity index (χ1) is 9.35. The third-order valence-corrected chi connectivity index (χ3v) is 4.60. The quantitative estimate of drug-likeness (QED) is 0.610. The maximum atomic E-state index is 5.78. The molecule has 0 aromatic carbocycles. The fourth-order valence-electron chi connectivity index (χ4n) is 3.71. The number of nitrogens with one attached hydrogen (secondary N) is 1. The number of nitrogens with zero attached hydrogens (tertiary/aromatic N) is 1. The number of hydrazine groups is 1. The molecule has 2 fully saturated rings. The summed E-state index contributed by atoms with van der Waals surface area (Å²) in [4.78, 5) is 4.29. The molecule has 0 bridgehead atoms. The number of rotatable bonds is 6. The predicted octanol–water partition coefficient (Wildman–Crippen LogP) is 2.42. The Labute approximate surface area is 114 Å². The van der Waals surface area contributed by atoms with E-state index in [9.17, 15) is 0 Å². The minimum absolute atomic E-state index is 0.230. The van der Waals surface area contributed by atoms with Gasteiger partial charge < -0.3 is 4.74 Å². The maximum Gasteiger partial charge on any atom is 0.137 e. The van der Waals surface area contributed by atoms with Gasteiger partial charge in [-0.2, -0.15) is 0 Å². The highest BCUT2D eigenvalue weighted by Gasteiger charge is 2.56. The largest absolute Gasteiger partial charge is 0.492 e. The van der Waals surface area contributed by atoms with Crippen molar-refractivity contribution in [1.82, 2.24) is 10.4 Å². The van der Waals surface area contributed by atoms with E-state index < -0.39 is 0 Å². The van der Waals surface area contributed by atoms with Crippen LogP contribution in [0.3, 0.4) is 0 Å². The minimum atomic E-state index is 0.230. The second-order valence-corrected chi connectivity index (χ2v) is 5.78. The summed E-state index contributed by atoms with van der Waals surface area (Å²) in [6, 6.07) is 2.31. The van der Waals surface area contributed by atoms with Crippen LogP contribution in [-0.2, 0) is 0 Å². The Morgan fingerprint density at radius 2 is 2.21 bits per heavy atom. The van der Waals surface area contributed by atoms with Gasteiger partial charge in [-0.15, -0.1) is 0 Å². The topological polar surface area (TPSA) is 60.2 Å². The van der Waals surface area contributed by atoms with Crippen LogP contribution in [0.25, 0.3) is 0 Å². The summed E-state index contributed by atoms with van der Waals surface area (Å²) >= 11 is 0. The van der Waals surface area contributed by atoms with Crippen molar-refractivity contribution in [3.63, 3.8) is 0 Å². The SMILES string of the molecule is CCCOc1cncc(C(NN)C2C3CCCC32)c1. The highest BCUT2D eigenvalue weighted by Crippen LogP contribution is 2.62. The number of hydrogen-bond acceptors (Lipinski definition) is 4. The molecule has 1 aromatic rings. The van der Waals surface area contributed by atoms with Gasteiger partial charge in [0.1, 0.15) is 5.75 Å². The van der Waals surface area contributed by atoms with Gasteiger partial charge in [-0.1, -0.05) is 13.3 Å². The summed E-state index contributed by atoms with van der Waals surface area (Å²) in [6.07, 6.45) is 8.83. The van der Waals surface area contributed by atoms with Crippen molar-refractivity contribution in [2.45, 2.75) is 38.6 Å². The van der Waals surface area contributed by atoms with Crippen LogP contribution in [0.4, 0.5) is 0 Å². The molecule has 2 saturated carbocycles. The molecule has 1 aromatic heterocycles. The number of aromatic nitrogens is 1. The Bertz CT molecular complexity index is 427. The Balaban J connectivity index is 1.72. The van der Waals surface area contributed by atoms with Gasteiger partial charge >= 0.3 is 0 Å². The lowest BCUT2D eigenvalue weighted by Gasteiger charge is -2.18. The zero-order valence-corrected chi connectivity index (χ0v) is 11.5. The molecule has 104 valence electrons. The lowest BCUT2D eigenvalue weighted by Crippen LogP contribution is -2.30. The summed E-state index contributed by atoms with van der Waals surface area (Å²) in [5, 5.41) is 0. The number of hydrogen-bond donors (Lipinski definition) is 2. The molecule has 3 unspecified atom stereocenters. The highest BCUT2D eigenvalue weighted by molar-refractivity contribution is 5.28. The van der Waals surface area contributed by atoms with E-state index in [0.29, 0.717) is 5.92 Å². The van der Waals surface area contributed by atoms with E-state index in [4.69, 9.17) is 10.6 Å². The van der Waals surface area contributed by atoms with Gasteiger partial charge in [-0.3, -0.25) is 16.3 Å². The van der Waals surface area contributed by atoms with Crippen molar-refractivity contribution in [2.75, 3.05) is 6.61 Å². The van der Waals surface area contributed by atoms with Crippen LogP contribution in [0.15, 0.2) is 18.5 Å². The molecule has 3 rings (SSSR count). The van der Waals surface area contributed by atoms with Crippen LogP contribution in [0.1, 0.15) is 44.2 Å². The molecule has 2 aliphatic rings. The van der Waals surface area contributed by atoms with Gasteiger partial charge in [0.05, 0.1) is 18.8 Å². The molecule has 0 amide bonds. The third kappa shape index (κ3) is 2.47. The van der Waals surface area contributed by atoms with Crippen LogP contribution in [0, 0.1) is 17.8 Å². The molecule has 0 saturated heterocycles. The van der Waals surface area contributed by atoms with Crippen LogP contribution in [-0.4, -0.2) is 11.6 Å². The van der Waals surface area contributed by atoms with Crippen LogP contribution in [0.5, 0.6) is 5.75 Å². The Morgan fingerprint density at radius 3 is 2.89 bits per heavy atom. The molecular weight excluding hydrogens is 238 g/mol. The fourth-order valence-corrected chi connectivity index (χ4v) is 3.71. The van der Waals surface area contributed by atoms with E-state index in [1.165, 1.54) is 19.3 Å². The van der Waals surface area contributed by atoms with E-state index in [0.717, 1.165) is 36.2 Å². The van der Waals surface area contributed by atoms with Crippen molar-refractivity contribution >= 4 is 0 Å². The zero-order valence-electron chi connectivity index (χ0n) is 11.5. The molecule has 0 radical (unpaired) electrons. The zero-order chi connectivity index (χ0) is 13.2. The van der Waals surface area contributed by atoms with E-state index >= 15 is 0 Å². The average Bonchev–Trinajstić information content (AvgIpc) is 2.90. The third-order valence-electron chi connectivity index (χ3n) is 4.60. The summed E-state index contributed by atoms with van der Waals surface area (Å²) in [5.74, 6) is 9.08. The standard InChI is InChI=1S/C15H23N3O/c1-2-6-19-11-7-10(8-17-9-11)15(18-16)14-12-4-3-5-13(12)14/h7-9,12-15,18H,2-6,16H2,1H3. The number of pyridine rings is 1. The van der Waals surface area contributed by atoms with Crippen molar-refractivity contribution in [1.29, 1.82) is 0 Å². The van der Waals surface area contributed by atoms with Crippen molar-refractivity contribution in [3.8, 4) is 5.75 Å². The molecule has 0 spiro atoms. The first-order valence-electron chi connectivity index (χ1n) is 7.39. The van der Waals surface area contributed by atoms with E-state index in [1.54, 1.807) is 6.20 Å². The molecule has 0 aliphatic heterocycles. The Kier molecular flexibility index (Phi) is 3.71. The molecule has 19 heavy (non-hydrogen) atoms. The molecule has 3 N–H and O–H groups in total. The molecule has 3 atom stereocenters. The minimum Gasteiger partial charge on any atom is -0.492 e. The van der Waals surface area contributed by atoms with Gasteiger partial charge in [0, 0.05) is 6.20 Å². The summed E-state index contributed by atoms with van der Waals surface area (Å²) in [7, 11) is 0. The van der Waals surface area contributed by atoms with Crippen molar-refractivity contribution < 1.29 is 4.74 Å². The van der Waals surface area contributed by atoms with E-state index in [2.05, 4.69) is 23.4 Å². The van der Waals surface area contributed by atoms with Crippen LogP contribution >= 0.6 is 0 Å². The Hall–Kier alpha value is -1.13. The van der Waals surface area contributed by atoms with E-state index in [1.807, 2.05) is 6.20 Å². The first-order valence-corrected chi connectivity index (χ1v) is 7.39. The molecule has 1 heterocycles. The lowest BCUT2D eigenvalue weighted by atomic mass is 9.99. The highest BCUT2D eigenvalue weighted by atomic mass is 16.5. The number of ether oxygens (including phenoxy) is 1. The second-order valence-electron chi connectivity index (χ2n) is 5.78. The molecule has 2 aliphatic carbocycles. The molecule has 4 heteroatoms. The summed E-state index contributed by atoms with van der Waals surface area (Å²) in [6.45, 7) is 2.84. The van der Waals surface area contributed by atoms with Crippen molar-refractivity contribution in [3.05, 3.63) is 24.0 Å². The van der Waals surface area contributed by atoms with Gasteiger partial charge in [0.25, 0.3) is 0 Å². The normalized spacial score (nSPS) is 29.9. The fraction of sp³-hybridized carbons (Fsp3) is 0.667. The Morgan fingerprint density at radius 1 is 1.42 bits per heavy atom. The first kappa shape index (κ1) is 12.9. The predicted molar refractivity (Wildman–Crippen MR) is 74.4 cm³/mol. The van der Waals surface area contributed by atoms with Gasteiger partial charge in [-0.25, -0.2) is 0 Å².